The first-order valence-electron chi connectivity index (χ1n) is 9.40. The molecule has 1 saturated heterocycles. The predicted octanol–water partition coefficient (Wildman–Crippen LogP) is 1.71. The van der Waals surface area contributed by atoms with Crippen molar-refractivity contribution in [3.8, 4) is 11.6 Å². The number of anilines is 1. The van der Waals surface area contributed by atoms with Gasteiger partial charge in [0.25, 0.3) is 0 Å². The minimum Gasteiger partial charge on any atom is -0.461 e. The third-order valence-electron chi connectivity index (χ3n) is 5.16. The van der Waals surface area contributed by atoms with E-state index in [2.05, 4.69) is 10.6 Å². The van der Waals surface area contributed by atoms with Gasteiger partial charge in [0.2, 0.25) is 5.91 Å². The highest BCUT2D eigenvalue weighted by molar-refractivity contribution is 5.78. The number of amides is 1. The van der Waals surface area contributed by atoms with E-state index in [1.807, 2.05) is 24.0 Å². The normalized spacial score (nSPS) is 20.1. The molecule has 2 aliphatic heterocycles. The molecule has 0 aliphatic carbocycles. The minimum atomic E-state index is 0.251. The van der Waals surface area contributed by atoms with E-state index < -0.39 is 0 Å². The fourth-order valence-corrected chi connectivity index (χ4v) is 3.74. The molecule has 2 aromatic rings. The van der Waals surface area contributed by atoms with Crippen molar-refractivity contribution in [2.75, 3.05) is 38.0 Å². The molecule has 1 amide bonds. The highest BCUT2D eigenvalue weighted by atomic mass is 16.3. The van der Waals surface area contributed by atoms with Crippen molar-refractivity contribution in [3.05, 3.63) is 29.7 Å². The lowest BCUT2D eigenvalue weighted by Crippen LogP contribution is -2.25. The minimum absolute atomic E-state index is 0.251. The van der Waals surface area contributed by atoms with Gasteiger partial charge in [0.05, 0.1) is 12.0 Å². The largest absolute Gasteiger partial charge is 0.461 e. The van der Waals surface area contributed by atoms with Crippen LogP contribution in [0.4, 0.5) is 5.82 Å². The Labute approximate surface area is 153 Å². The van der Waals surface area contributed by atoms with E-state index in [9.17, 15) is 4.79 Å². The van der Waals surface area contributed by atoms with Crippen LogP contribution in [-0.4, -0.2) is 53.5 Å². The molecule has 2 aromatic heterocycles. The molecule has 7 heteroatoms. The van der Waals surface area contributed by atoms with Crippen LogP contribution in [-0.2, 0) is 17.6 Å². The Morgan fingerprint density at radius 3 is 3.00 bits per heavy atom. The van der Waals surface area contributed by atoms with Crippen molar-refractivity contribution in [2.24, 2.45) is 5.92 Å². The maximum absolute atomic E-state index is 12.0. The first-order valence-corrected chi connectivity index (χ1v) is 9.40. The number of hydrogen-bond acceptors (Lipinski definition) is 6. The lowest BCUT2D eigenvalue weighted by molar-refractivity contribution is -0.127. The summed E-state index contributed by atoms with van der Waals surface area (Å²) in [6.45, 7) is 6.23. The molecule has 0 bridgehead atoms. The zero-order chi connectivity index (χ0) is 17.9. The van der Waals surface area contributed by atoms with Crippen molar-refractivity contribution >= 4 is 11.7 Å². The van der Waals surface area contributed by atoms with Gasteiger partial charge in [0.1, 0.15) is 5.82 Å². The Hall–Kier alpha value is -2.41. The summed E-state index contributed by atoms with van der Waals surface area (Å²) < 4.78 is 5.50. The fourth-order valence-electron chi connectivity index (χ4n) is 3.74. The molecule has 2 N–H and O–H groups in total. The van der Waals surface area contributed by atoms with Crippen LogP contribution in [0.15, 0.2) is 22.8 Å². The van der Waals surface area contributed by atoms with Gasteiger partial charge in [-0.1, -0.05) is 0 Å². The number of carbonyl (C=O) groups excluding carboxylic acids is 1. The number of rotatable bonds is 5. The van der Waals surface area contributed by atoms with Crippen molar-refractivity contribution in [1.82, 2.24) is 20.2 Å². The molecule has 0 spiro atoms. The van der Waals surface area contributed by atoms with E-state index >= 15 is 0 Å². The first kappa shape index (κ1) is 17.0. The summed E-state index contributed by atoms with van der Waals surface area (Å²) >= 11 is 0. The molecule has 4 heterocycles. The van der Waals surface area contributed by atoms with Gasteiger partial charge >= 0.3 is 0 Å². The Bertz CT molecular complexity index is 774. The zero-order valence-electron chi connectivity index (χ0n) is 15.1. The van der Waals surface area contributed by atoms with Crippen LogP contribution in [0.5, 0.6) is 0 Å². The van der Waals surface area contributed by atoms with E-state index in [-0.39, 0.29) is 5.91 Å². The average Bonchev–Trinajstić information content (AvgIpc) is 3.24. The highest BCUT2D eigenvalue weighted by Gasteiger charge is 2.28. The number of hydrogen-bond donors (Lipinski definition) is 2. The quantitative estimate of drug-likeness (QED) is 0.849. The second-order valence-electron chi connectivity index (χ2n) is 6.93. The number of likely N-dealkylation sites (tertiary alicyclic amines) is 1. The Morgan fingerprint density at radius 1 is 1.35 bits per heavy atom. The molecule has 1 fully saturated rings. The van der Waals surface area contributed by atoms with Gasteiger partial charge in [0.15, 0.2) is 11.6 Å². The van der Waals surface area contributed by atoms with E-state index in [1.54, 1.807) is 6.26 Å². The summed E-state index contributed by atoms with van der Waals surface area (Å²) in [6, 6.07) is 3.73. The van der Waals surface area contributed by atoms with Crippen molar-refractivity contribution in [1.29, 1.82) is 0 Å². The van der Waals surface area contributed by atoms with E-state index in [0.29, 0.717) is 23.9 Å². The fraction of sp³-hybridized carbons (Fsp3) is 0.526. The Morgan fingerprint density at radius 2 is 2.23 bits per heavy atom. The van der Waals surface area contributed by atoms with Crippen LogP contribution in [0.3, 0.4) is 0 Å². The molecule has 138 valence electrons. The highest BCUT2D eigenvalue weighted by Crippen LogP contribution is 2.26. The van der Waals surface area contributed by atoms with E-state index in [4.69, 9.17) is 14.4 Å². The summed E-state index contributed by atoms with van der Waals surface area (Å²) in [5.74, 6) is 2.76. The maximum atomic E-state index is 12.0. The lowest BCUT2D eigenvalue weighted by atomic mass is 10.1. The topological polar surface area (TPSA) is 83.3 Å². The Kier molecular flexibility index (Phi) is 4.88. The smallest absolute Gasteiger partial charge is 0.222 e. The summed E-state index contributed by atoms with van der Waals surface area (Å²) in [5.41, 5.74) is 2.26. The monoisotopic (exact) mass is 355 g/mol. The molecule has 0 radical (unpaired) electrons. The maximum Gasteiger partial charge on any atom is 0.222 e. The van der Waals surface area contributed by atoms with Gasteiger partial charge in [-0.3, -0.25) is 4.79 Å². The molecule has 1 atom stereocenters. The molecule has 0 saturated carbocycles. The lowest BCUT2D eigenvalue weighted by Gasteiger charge is -2.17. The number of furan rings is 1. The molecule has 26 heavy (non-hydrogen) atoms. The van der Waals surface area contributed by atoms with Gasteiger partial charge in [-0.25, -0.2) is 9.97 Å². The molecule has 2 aliphatic rings. The summed E-state index contributed by atoms with van der Waals surface area (Å²) in [7, 11) is 0. The van der Waals surface area contributed by atoms with Crippen molar-refractivity contribution in [3.63, 3.8) is 0 Å². The van der Waals surface area contributed by atoms with Crippen LogP contribution < -0.4 is 10.6 Å². The third-order valence-corrected chi connectivity index (χ3v) is 5.16. The zero-order valence-corrected chi connectivity index (χ0v) is 15.1. The predicted molar refractivity (Wildman–Crippen MR) is 98.9 cm³/mol. The molecule has 0 aromatic carbocycles. The van der Waals surface area contributed by atoms with Gasteiger partial charge in [0, 0.05) is 50.5 Å². The first-order chi connectivity index (χ1) is 12.7. The van der Waals surface area contributed by atoms with Crippen LogP contribution >= 0.6 is 0 Å². The third kappa shape index (κ3) is 3.44. The second kappa shape index (κ2) is 7.45. The van der Waals surface area contributed by atoms with Gasteiger partial charge in [-0.05, 0) is 32.0 Å². The van der Waals surface area contributed by atoms with Crippen LogP contribution in [0.1, 0.15) is 24.6 Å². The number of nitrogens with zero attached hydrogens (tertiary/aromatic N) is 3. The van der Waals surface area contributed by atoms with Gasteiger partial charge in [-0.2, -0.15) is 0 Å². The van der Waals surface area contributed by atoms with Crippen LogP contribution in [0.2, 0.25) is 0 Å². The average molecular weight is 355 g/mol. The van der Waals surface area contributed by atoms with Crippen LogP contribution in [0, 0.1) is 5.92 Å². The SMILES string of the molecule is CCN1C[C@@H](CNc2nc(-c3ccco3)nc3c2CCNCC3)CC1=O. The van der Waals surface area contributed by atoms with E-state index in [1.165, 1.54) is 5.56 Å². The standard InChI is InChI=1S/C19H25N5O2/c1-2-24-12-13(10-17(24)25)11-21-18-14-5-7-20-8-6-15(14)22-19(23-18)16-4-3-9-26-16/h3-4,9,13,20H,2,5-8,10-12H2,1H3,(H,21,22,23)/t13-/m1/s1. The molecule has 4 rings (SSSR count). The molecule has 7 nitrogen and oxygen atoms in total. The van der Waals surface area contributed by atoms with E-state index in [0.717, 1.165) is 57.1 Å². The summed E-state index contributed by atoms with van der Waals surface area (Å²) in [5, 5.41) is 6.93. The van der Waals surface area contributed by atoms with Crippen molar-refractivity contribution in [2.45, 2.75) is 26.2 Å². The number of fused-ring (bicyclic) bond motifs is 1. The van der Waals surface area contributed by atoms with Crippen molar-refractivity contribution < 1.29 is 9.21 Å². The molecule has 0 unspecified atom stereocenters. The number of nitrogens with one attached hydrogen (secondary N) is 2. The molecular weight excluding hydrogens is 330 g/mol. The summed E-state index contributed by atoms with van der Waals surface area (Å²) in [6.07, 6.45) is 4.04. The number of carbonyl (C=O) groups is 1. The number of aromatic nitrogens is 2. The van der Waals surface area contributed by atoms with Crippen LogP contribution in [0.25, 0.3) is 11.6 Å². The summed E-state index contributed by atoms with van der Waals surface area (Å²) in [4.78, 5) is 23.4. The molecular formula is C19H25N5O2. The second-order valence-corrected chi connectivity index (χ2v) is 6.93. The van der Waals surface area contributed by atoms with Gasteiger partial charge in [-0.15, -0.1) is 0 Å². The van der Waals surface area contributed by atoms with Gasteiger partial charge < -0.3 is 20.0 Å². The Balaban J connectivity index is 1.58.